The van der Waals surface area contributed by atoms with Crippen LogP contribution in [0.25, 0.3) is 0 Å². The van der Waals surface area contributed by atoms with Gasteiger partial charge in [0.25, 0.3) is 0 Å². The molecule has 1 heterocycles. The molecule has 4 heteroatoms. The maximum atomic E-state index is 12.6. The Hall–Kier alpha value is -3.27. The molecule has 29 heavy (non-hydrogen) atoms. The maximum absolute atomic E-state index is 12.6. The number of rotatable bonds is 6. The van der Waals surface area contributed by atoms with Crippen molar-refractivity contribution in [2.75, 3.05) is 22.9 Å². The van der Waals surface area contributed by atoms with Gasteiger partial charge in [-0.3, -0.25) is 4.79 Å². The Morgan fingerprint density at radius 1 is 0.897 bits per heavy atom. The average molecular weight is 386 g/mol. The van der Waals surface area contributed by atoms with Gasteiger partial charge in [0.15, 0.2) is 5.75 Å². The standard InChI is InChI=1S/C25H26N2O2/c1-20(28)27(19-21-11-5-6-14-23(21)26-17-9-10-18-26)24-15-7-8-16-25(24)29-22-12-3-2-4-13-22/h2-8,11-16H,9-10,17-19H2,1H3. The third-order valence-electron chi connectivity index (χ3n) is 5.27. The van der Waals surface area contributed by atoms with E-state index in [0.29, 0.717) is 12.3 Å². The minimum absolute atomic E-state index is 0.00895. The highest BCUT2D eigenvalue weighted by Crippen LogP contribution is 2.34. The summed E-state index contributed by atoms with van der Waals surface area (Å²) in [6, 6.07) is 25.8. The summed E-state index contributed by atoms with van der Waals surface area (Å²) >= 11 is 0. The van der Waals surface area contributed by atoms with Crippen LogP contribution in [0, 0.1) is 0 Å². The molecule has 3 aromatic rings. The smallest absolute Gasteiger partial charge is 0.224 e. The van der Waals surface area contributed by atoms with E-state index >= 15 is 0 Å². The molecule has 1 aliphatic rings. The molecule has 0 atom stereocenters. The number of amides is 1. The molecule has 4 rings (SSSR count). The number of anilines is 2. The summed E-state index contributed by atoms with van der Waals surface area (Å²) in [5.74, 6) is 1.42. The number of nitrogens with zero attached hydrogens (tertiary/aromatic N) is 2. The average Bonchev–Trinajstić information content (AvgIpc) is 3.28. The fourth-order valence-electron chi connectivity index (χ4n) is 3.83. The second-order valence-corrected chi connectivity index (χ2v) is 7.31. The number of para-hydroxylation sites is 4. The Kier molecular flexibility index (Phi) is 5.80. The van der Waals surface area contributed by atoms with Crippen molar-refractivity contribution < 1.29 is 9.53 Å². The predicted octanol–water partition coefficient (Wildman–Crippen LogP) is 5.63. The van der Waals surface area contributed by atoms with E-state index in [1.165, 1.54) is 18.5 Å². The molecular weight excluding hydrogens is 360 g/mol. The van der Waals surface area contributed by atoms with Gasteiger partial charge in [0.05, 0.1) is 12.2 Å². The molecule has 4 nitrogen and oxygen atoms in total. The molecule has 1 saturated heterocycles. The zero-order valence-corrected chi connectivity index (χ0v) is 16.8. The monoisotopic (exact) mass is 386 g/mol. The van der Waals surface area contributed by atoms with Crippen LogP contribution in [-0.4, -0.2) is 19.0 Å². The molecule has 148 valence electrons. The first-order valence-corrected chi connectivity index (χ1v) is 10.2. The highest BCUT2D eigenvalue weighted by atomic mass is 16.5. The van der Waals surface area contributed by atoms with Crippen LogP contribution in [0.4, 0.5) is 11.4 Å². The van der Waals surface area contributed by atoms with Crippen molar-refractivity contribution >= 4 is 17.3 Å². The molecule has 0 radical (unpaired) electrons. The maximum Gasteiger partial charge on any atom is 0.224 e. The van der Waals surface area contributed by atoms with Gasteiger partial charge in [0.2, 0.25) is 5.91 Å². The van der Waals surface area contributed by atoms with Crippen molar-refractivity contribution in [1.82, 2.24) is 0 Å². The van der Waals surface area contributed by atoms with Gasteiger partial charge in [0, 0.05) is 25.7 Å². The molecule has 3 aromatic carbocycles. The Labute approximate surface area is 172 Å². The van der Waals surface area contributed by atoms with E-state index in [9.17, 15) is 4.79 Å². The van der Waals surface area contributed by atoms with E-state index in [2.05, 4.69) is 23.1 Å². The lowest BCUT2D eigenvalue weighted by Crippen LogP contribution is -2.29. The second-order valence-electron chi connectivity index (χ2n) is 7.31. The van der Waals surface area contributed by atoms with Crippen LogP contribution >= 0.6 is 0 Å². The lowest BCUT2D eigenvalue weighted by atomic mass is 10.1. The zero-order valence-electron chi connectivity index (χ0n) is 16.8. The van der Waals surface area contributed by atoms with Crippen molar-refractivity contribution in [3.63, 3.8) is 0 Å². The Bertz CT molecular complexity index is 965. The van der Waals surface area contributed by atoms with E-state index in [1.807, 2.05) is 60.7 Å². The summed E-state index contributed by atoms with van der Waals surface area (Å²) in [5.41, 5.74) is 3.15. The van der Waals surface area contributed by atoms with Gasteiger partial charge < -0.3 is 14.5 Å². The SMILES string of the molecule is CC(=O)N(Cc1ccccc1N1CCCC1)c1ccccc1Oc1ccccc1. The molecule has 0 spiro atoms. The summed E-state index contributed by atoms with van der Waals surface area (Å²) in [7, 11) is 0. The van der Waals surface area contributed by atoms with Gasteiger partial charge in [0.1, 0.15) is 5.75 Å². The highest BCUT2D eigenvalue weighted by Gasteiger charge is 2.21. The molecule has 0 bridgehead atoms. The molecule has 0 aliphatic carbocycles. The number of carbonyl (C=O) groups excluding carboxylic acids is 1. The largest absolute Gasteiger partial charge is 0.455 e. The molecular formula is C25H26N2O2. The normalized spacial score (nSPS) is 13.3. The van der Waals surface area contributed by atoms with Crippen molar-refractivity contribution in [3.05, 3.63) is 84.4 Å². The lowest BCUT2D eigenvalue weighted by Gasteiger charge is -2.27. The Balaban J connectivity index is 1.65. The molecule has 1 fully saturated rings. The van der Waals surface area contributed by atoms with E-state index in [-0.39, 0.29) is 5.91 Å². The first kappa shape index (κ1) is 19.1. The molecule has 0 unspecified atom stereocenters. The first-order chi connectivity index (χ1) is 14.2. The van der Waals surface area contributed by atoms with Crippen molar-refractivity contribution in [1.29, 1.82) is 0 Å². The predicted molar refractivity (Wildman–Crippen MR) is 118 cm³/mol. The summed E-state index contributed by atoms with van der Waals surface area (Å²) in [4.78, 5) is 16.9. The number of ether oxygens (including phenoxy) is 1. The van der Waals surface area contributed by atoms with Crippen LogP contribution in [0.1, 0.15) is 25.3 Å². The fourth-order valence-corrected chi connectivity index (χ4v) is 3.83. The topological polar surface area (TPSA) is 32.8 Å². The number of carbonyl (C=O) groups is 1. The zero-order chi connectivity index (χ0) is 20.1. The van der Waals surface area contributed by atoms with Gasteiger partial charge in [-0.25, -0.2) is 0 Å². The van der Waals surface area contributed by atoms with Crippen molar-refractivity contribution in [2.24, 2.45) is 0 Å². The Morgan fingerprint density at radius 3 is 2.31 bits per heavy atom. The molecule has 0 saturated carbocycles. The van der Waals surface area contributed by atoms with Crippen LogP contribution < -0.4 is 14.5 Å². The van der Waals surface area contributed by atoms with Gasteiger partial charge in [-0.1, -0.05) is 48.5 Å². The van der Waals surface area contributed by atoms with E-state index in [1.54, 1.807) is 11.8 Å². The second kappa shape index (κ2) is 8.82. The third-order valence-corrected chi connectivity index (χ3v) is 5.27. The number of benzene rings is 3. The third kappa shape index (κ3) is 4.43. The summed E-state index contributed by atoms with van der Waals surface area (Å²) in [6.07, 6.45) is 2.44. The van der Waals surface area contributed by atoms with Crippen LogP contribution in [0.15, 0.2) is 78.9 Å². The van der Waals surface area contributed by atoms with Crippen molar-refractivity contribution in [3.8, 4) is 11.5 Å². The summed E-state index contributed by atoms with van der Waals surface area (Å²) in [5, 5.41) is 0. The van der Waals surface area contributed by atoms with E-state index in [0.717, 1.165) is 30.1 Å². The van der Waals surface area contributed by atoms with E-state index in [4.69, 9.17) is 4.74 Å². The molecule has 1 aliphatic heterocycles. The highest BCUT2D eigenvalue weighted by molar-refractivity contribution is 5.93. The minimum Gasteiger partial charge on any atom is -0.455 e. The first-order valence-electron chi connectivity index (χ1n) is 10.2. The van der Waals surface area contributed by atoms with Crippen LogP contribution in [0.2, 0.25) is 0 Å². The van der Waals surface area contributed by atoms with Crippen LogP contribution in [-0.2, 0) is 11.3 Å². The fraction of sp³-hybridized carbons (Fsp3) is 0.240. The molecule has 1 amide bonds. The van der Waals surface area contributed by atoms with Gasteiger partial charge >= 0.3 is 0 Å². The van der Waals surface area contributed by atoms with Gasteiger partial charge in [-0.15, -0.1) is 0 Å². The molecule has 0 N–H and O–H groups in total. The number of hydrogen-bond acceptors (Lipinski definition) is 3. The Morgan fingerprint density at radius 2 is 1.55 bits per heavy atom. The summed E-state index contributed by atoms with van der Waals surface area (Å²) < 4.78 is 6.10. The quantitative estimate of drug-likeness (QED) is 0.550. The lowest BCUT2D eigenvalue weighted by molar-refractivity contribution is -0.116. The summed E-state index contributed by atoms with van der Waals surface area (Å²) in [6.45, 7) is 4.27. The van der Waals surface area contributed by atoms with Crippen LogP contribution in [0.5, 0.6) is 11.5 Å². The number of hydrogen-bond donors (Lipinski definition) is 0. The van der Waals surface area contributed by atoms with Crippen LogP contribution in [0.3, 0.4) is 0 Å². The molecule has 0 aromatic heterocycles. The van der Waals surface area contributed by atoms with Gasteiger partial charge in [-0.2, -0.15) is 0 Å². The minimum atomic E-state index is -0.00895. The van der Waals surface area contributed by atoms with Gasteiger partial charge in [-0.05, 0) is 48.7 Å². The van der Waals surface area contributed by atoms with E-state index < -0.39 is 0 Å². The van der Waals surface area contributed by atoms with Crippen molar-refractivity contribution in [2.45, 2.75) is 26.3 Å².